The van der Waals surface area contributed by atoms with Gasteiger partial charge in [0.15, 0.2) is 0 Å². The molecule has 0 saturated carbocycles. The molecule has 0 saturated heterocycles. The summed E-state index contributed by atoms with van der Waals surface area (Å²) >= 11 is 1.67. The number of rotatable bonds is 9. The zero-order chi connectivity index (χ0) is 23.0. The van der Waals surface area contributed by atoms with E-state index in [2.05, 4.69) is 41.5 Å². The highest BCUT2D eigenvalue weighted by atomic mass is 32.2. The van der Waals surface area contributed by atoms with Crippen LogP contribution in [0, 0.1) is 0 Å². The van der Waals surface area contributed by atoms with Crippen molar-refractivity contribution in [2.45, 2.75) is 37.1 Å². The Labute approximate surface area is 199 Å². The van der Waals surface area contributed by atoms with Crippen molar-refractivity contribution in [3.63, 3.8) is 0 Å². The molecule has 0 radical (unpaired) electrons. The number of nitrogens with one attached hydrogen (secondary N) is 2. The zero-order valence-corrected chi connectivity index (χ0v) is 19.9. The molecule has 0 aliphatic rings. The Morgan fingerprint density at radius 1 is 0.970 bits per heavy atom. The van der Waals surface area contributed by atoms with Crippen LogP contribution >= 0.6 is 11.8 Å². The van der Waals surface area contributed by atoms with Gasteiger partial charge in [0, 0.05) is 16.0 Å². The first-order chi connectivity index (χ1) is 16.2. The van der Waals surface area contributed by atoms with E-state index in [9.17, 15) is 4.79 Å². The summed E-state index contributed by atoms with van der Waals surface area (Å²) in [6.07, 6.45) is 5.06. The van der Waals surface area contributed by atoms with Gasteiger partial charge < -0.3 is 10.3 Å². The fourth-order valence-electron chi connectivity index (χ4n) is 3.90. The van der Waals surface area contributed by atoms with Gasteiger partial charge in [-0.3, -0.25) is 4.79 Å². The number of unbranched alkanes of at least 4 members (excludes halogenated alkanes) is 1. The standard InChI is InChI=1S/C28H29N3OS/c1-3-4-18-24(20-12-7-5-8-13-20)29-28(32)26-25(22-16-11-17-23(19-22)33-2)30-27(31-26)21-14-9-6-10-15-21/h5-17,19,24H,3-4,18H2,1-2H3,(H,29,32)(H,30,31). The van der Waals surface area contributed by atoms with Gasteiger partial charge >= 0.3 is 0 Å². The number of amides is 1. The molecule has 2 N–H and O–H groups in total. The minimum atomic E-state index is -0.140. The fraction of sp³-hybridized carbons (Fsp3) is 0.214. The van der Waals surface area contributed by atoms with Crippen molar-refractivity contribution in [1.29, 1.82) is 0 Å². The summed E-state index contributed by atoms with van der Waals surface area (Å²) in [5, 5.41) is 3.27. The van der Waals surface area contributed by atoms with E-state index in [1.54, 1.807) is 11.8 Å². The molecule has 4 rings (SSSR count). The predicted octanol–water partition coefficient (Wildman–Crippen LogP) is 7.13. The first-order valence-corrected chi connectivity index (χ1v) is 12.6. The number of aromatic amines is 1. The molecular formula is C28H29N3OS. The molecule has 1 atom stereocenters. The number of benzene rings is 3. The van der Waals surface area contributed by atoms with Crippen molar-refractivity contribution < 1.29 is 4.79 Å². The van der Waals surface area contributed by atoms with Gasteiger partial charge in [-0.25, -0.2) is 4.98 Å². The molecule has 5 heteroatoms. The molecule has 1 amide bonds. The molecule has 1 aromatic heterocycles. The van der Waals surface area contributed by atoms with Crippen LogP contribution in [0.2, 0.25) is 0 Å². The van der Waals surface area contributed by atoms with E-state index in [4.69, 9.17) is 4.98 Å². The topological polar surface area (TPSA) is 57.8 Å². The SMILES string of the molecule is CCCCC(NC(=O)c1[nH]c(-c2ccccc2)nc1-c1cccc(SC)c1)c1ccccc1. The highest BCUT2D eigenvalue weighted by molar-refractivity contribution is 7.98. The highest BCUT2D eigenvalue weighted by Gasteiger charge is 2.23. The number of carbonyl (C=O) groups is 1. The number of hydrogen-bond donors (Lipinski definition) is 2. The Morgan fingerprint density at radius 2 is 1.67 bits per heavy atom. The summed E-state index contributed by atoms with van der Waals surface area (Å²) in [5.74, 6) is 0.550. The van der Waals surface area contributed by atoms with E-state index in [-0.39, 0.29) is 11.9 Å². The lowest BCUT2D eigenvalue weighted by Gasteiger charge is -2.19. The largest absolute Gasteiger partial charge is 0.344 e. The Hall–Kier alpha value is -3.31. The van der Waals surface area contributed by atoms with Crippen LogP contribution in [0.4, 0.5) is 0 Å². The summed E-state index contributed by atoms with van der Waals surface area (Å²) in [6, 6.07) is 28.2. The van der Waals surface area contributed by atoms with Gasteiger partial charge in [0.1, 0.15) is 17.2 Å². The van der Waals surface area contributed by atoms with E-state index in [1.807, 2.05) is 66.9 Å². The fourth-order valence-corrected chi connectivity index (χ4v) is 4.36. The van der Waals surface area contributed by atoms with E-state index in [0.717, 1.165) is 40.8 Å². The molecule has 0 bridgehead atoms. The van der Waals surface area contributed by atoms with Crippen molar-refractivity contribution in [1.82, 2.24) is 15.3 Å². The smallest absolute Gasteiger partial charge is 0.270 e. The van der Waals surface area contributed by atoms with Gasteiger partial charge in [-0.05, 0) is 30.4 Å². The number of hydrogen-bond acceptors (Lipinski definition) is 3. The molecule has 1 heterocycles. The van der Waals surface area contributed by atoms with Crippen molar-refractivity contribution in [3.05, 3.63) is 96.2 Å². The molecule has 0 aliphatic heterocycles. The van der Waals surface area contributed by atoms with Crippen LogP contribution in [0.25, 0.3) is 22.6 Å². The first kappa shape index (κ1) is 22.9. The molecule has 1 unspecified atom stereocenters. The summed E-state index contributed by atoms with van der Waals surface area (Å²) in [7, 11) is 0. The summed E-state index contributed by atoms with van der Waals surface area (Å²) in [4.78, 5) is 22.9. The normalized spacial score (nSPS) is 11.8. The summed E-state index contributed by atoms with van der Waals surface area (Å²) < 4.78 is 0. The van der Waals surface area contributed by atoms with Crippen LogP contribution < -0.4 is 5.32 Å². The van der Waals surface area contributed by atoms with Gasteiger partial charge in [-0.1, -0.05) is 92.6 Å². The molecule has 3 aromatic carbocycles. The predicted molar refractivity (Wildman–Crippen MR) is 137 cm³/mol. The molecule has 4 nitrogen and oxygen atoms in total. The number of nitrogens with zero attached hydrogens (tertiary/aromatic N) is 1. The van der Waals surface area contributed by atoms with Crippen LogP contribution in [0.15, 0.2) is 89.8 Å². The average Bonchev–Trinajstić information content (AvgIpc) is 3.33. The second kappa shape index (κ2) is 11.0. The lowest BCUT2D eigenvalue weighted by atomic mass is 10.0. The molecule has 0 aliphatic carbocycles. The number of aromatic nitrogens is 2. The zero-order valence-electron chi connectivity index (χ0n) is 19.0. The highest BCUT2D eigenvalue weighted by Crippen LogP contribution is 2.30. The second-order valence-corrected chi connectivity index (χ2v) is 8.87. The van der Waals surface area contributed by atoms with Gasteiger partial charge in [0.25, 0.3) is 5.91 Å². The van der Waals surface area contributed by atoms with Crippen LogP contribution in [0.3, 0.4) is 0 Å². The van der Waals surface area contributed by atoms with Crippen LogP contribution in [-0.4, -0.2) is 22.1 Å². The second-order valence-electron chi connectivity index (χ2n) is 7.99. The van der Waals surface area contributed by atoms with E-state index in [0.29, 0.717) is 17.2 Å². The Balaban J connectivity index is 1.72. The molecule has 168 valence electrons. The Kier molecular flexibility index (Phi) is 7.63. The number of H-pyrrole nitrogens is 1. The van der Waals surface area contributed by atoms with E-state index >= 15 is 0 Å². The van der Waals surface area contributed by atoms with Gasteiger partial charge in [-0.2, -0.15) is 0 Å². The van der Waals surface area contributed by atoms with Crippen molar-refractivity contribution >= 4 is 17.7 Å². The lowest BCUT2D eigenvalue weighted by Crippen LogP contribution is -2.29. The van der Waals surface area contributed by atoms with Crippen LogP contribution in [-0.2, 0) is 0 Å². The third-order valence-electron chi connectivity index (χ3n) is 5.67. The van der Waals surface area contributed by atoms with Gasteiger partial charge in [0.05, 0.1) is 6.04 Å². The minimum absolute atomic E-state index is 0.0486. The number of imidazole rings is 1. The maximum absolute atomic E-state index is 13.6. The maximum Gasteiger partial charge on any atom is 0.270 e. The van der Waals surface area contributed by atoms with Crippen molar-refractivity contribution in [2.75, 3.05) is 6.26 Å². The third kappa shape index (κ3) is 5.55. The summed E-state index contributed by atoms with van der Waals surface area (Å²) in [6.45, 7) is 2.17. The number of carbonyl (C=O) groups excluding carboxylic acids is 1. The molecule has 0 spiro atoms. The van der Waals surface area contributed by atoms with Crippen LogP contribution in [0.1, 0.15) is 48.3 Å². The summed E-state index contributed by atoms with van der Waals surface area (Å²) in [5.41, 5.74) is 4.15. The minimum Gasteiger partial charge on any atom is -0.344 e. The lowest BCUT2D eigenvalue weighted by molar-refractivity contribution is 0.0930. The Bertz CT molecular complexity index is 1190. The number of thioether (sulfide) groups is 1. The monoisotopic (exact) mass is 455 g/mol. The van der Waals surface area contributed by atoms with Crippen molar-refractivity contribution in [3.8, 4) is 22.6 Å². The molecular weight excluding hydrogens is 426 g/mol. The maximum atomic E-state index is 13.6. The third-order valence-corrected chi connectivity index (χ3v) is 6.40. The van der Waals surface area contributed by atoms with Crippen molar-refractivity contribution in [2.24, 2.45) is 0 Å². The average molecular weight is 456 g/mol. The Morgan fingerprint density at radius 3 is 2.36 bits per heavy atom. The first-order valence-electron chi connectivity index (χ1n) is 11.3. The molecule has 0 fully saturated rings. The van der Waals surface area contributed by atoms with E-state index < -0.39 is 0 Å². The van der Waals surface area contributed by atoms with Gasteiger partial charge in [0.2, 0.25) is 0 Å². The van der Waals surface area contributed by atoms with Gasteiger partial charge in [-0.15, -0.1) is 11.8 Å². The van der Waals surface area contributed by atoms with E-state index in [1.165, 1.54) is 0 Å². The molecule has 4 aromatic rings. The molecule has 33 heavy (non-hydrogen) atoms. The van der Waals surface area contributed by atoms with Crippen LogP contribution in [0.5, 0.6) is 0 Å². The quantitative estimate of drug-likeness (QED) is 0.264.